The number of halogens is 1. The molecule has 8 heteroatoms. The number of hydrogen-bond acceptors (Lipinski definition) is 4. The fourth-order valence-electron chi connectivity index (χ4n) is 5.58. The summed E-state index contributed by atoms with van der Waals surface area (Å²) >= 11 is 6.04. The van der Waals surface area contributed by atoms with Crippen LogP contribution in [0.25, 0.3) is 0 Å². The Morgan fingerprint density at radius 1 is 1.05 bits per heavy atom. The van der Waals surface area contributed by atoms with Gasteiger partial charge < -0.3 is 20.4 Å². The molecule has 38 heavy (non-hydrogen) atoms. The number of aromatic carboxylic acids is 1. The highest BCUT2D eigenvalue weighted by Crippen LogP contribution is 2.46. The van der Waals surface area contributed by atoms with Crippen molar-refractivity contribution in [1.29, 1.82) is 0 Å². The van der Waals surface area contributed by atoms with Crippen LogP contribution in [0.15, 0.2) is 36.4 Å². The van der Waals surface area contributed by atoms with Crippen LogP contribution in [-0.2, 0) is 10.4 Å². The second-order valence-electron chi connectivity index (χ2n) is 11.7. The maximum absolute atomic E-state index is 13.7. The Bertz CT molecular complexity index is 1220. The fraction of sp³-hybridized carbons (Fsp3) is 0.500. The Hall–Kier alpha value is -2.90. The van der Waals surface area contributed by atoms with Gasteiger partial charge in [-0.25, -0.2) is 4.79 Å². The lowest BCUT2D eigenvalue weighted by Crippen LogP contribution is -2.60. The minimum atomic E-state index is -1.14. The molecule has 2 atom stereocenters. The molecule has 0 unspecified atom stereocenters. The zero-order valence-electron chi connectivity index (χ0n) is 23.3. The third-order valence-electron chi connectivity index (χ3n) is 7.76. The Morgan fingerprint density at radius 2 is 1.66 bits per heavy atom. The Kier molecular flexibility index (Phi) is 8.64. The normalized spacial score (nSPS) is 19.9. The van der Waals surface area contributed by atoms with Gasteiger partial charge in [-0.2, -0.15) is 0 Å². The van der Waals surface area contributed by atoms with E-state index < -0.39 is 28.9 Å². The molecule has 1 fully saturated rings. The summed E-state index contributed by atoms with van der Waals surface area (Å²) in [6, 6.07) is 9.38. The molecule has 1 aliphatic heterocycles. The standard InChI is InChI=1S/C30H39ClN2O5/c1-17(2)24-19(5)14-20(15-23(24)28(36)37)26(34)32-25(18(3)4)27(35)33-13-12-30(38,29(6,7)16-33)21-8-10-22(31)11-9-21/h8-11,14-15,17-18,25,38H,12-13,16H2,1-7H3,(H,32,34)(H,36,37)/t25-,30+/m1/s1. The van der Waals surface area contributed by atoms with Crippen molar-refractivity contribution in [1.82, 2.24) is 10.2 Å². The Balaban J connectivity index is 1.83. The van der Waals surface area contributed by atoms with Gasteiger partial charge in [0, 0.05) is 29.1 Å². The number of carboxylic acid groups (broad SMARTS) is 1. The average Bonchev–Trinajstić information content (AvgIpc) is 2.82. The van der Waals surface area contributed by atoms with E-state index in [4.69, 9.17) is 11.6 Å². The summed E-state index contributed by atoms with van der Waals surface area (Å²) < 4.78 is 0. The molecule has 0 radical (unpaired) electrons. The van der Waals surface area contributed by atoms with Gasteiger partial charge in [-0.05, 0) is 66.1 Å². The van der Waals surface area contributed by atoms with Crippen LogP contribution in [0.2, 0.25) is 5.02 Å². The summed E-state index contributed by atoms with van der Waals surface area (Å²) in [5.74, 6) is -2.04. The fourth-order valence-corrected chi connectivity index (χ4v) is 5.70. The maximum atomic E-state index is 13.7. The predicted octanol–water partition coefficient (Wildman–Crippen LogP) is 5.37. The SMILES string of the molecule is Cc1cc(C(=O)N[C@@H](C(=O)N2CC[C@](O)(c3ccc(Cl)cc3)C(C)(C)C2)C(C)C)cc(C(=O)O)c1C(C)C. The number of rotatable bonds is 7. The second kappa shape index (κ2) is 11.1. The first-order valence-corrected chi connectivity index (χ1v) is 13.4. The smallest absolute Gasteiger partial charge is 0.336 e. The molecule has 0 spiro atoms. The van der Waals surface area contributed by atoms with Crippen LogP contribution in [0.4, 0.5) is 0 Å². The molecule has 0 bridgehead atoms. The summed E-state index contributed by atoms with van der Waals surface area (Å²) in [5.41, 5.74) is 0.651. The van der Waals surface area contributed by atoms with Gasteiger partial charge in [0.2, 0.25) is 5.91 Å². The van der Waals surface area contributed by atoms with Crippen LogP contribution >= 0.6 is 11.6 Å². The van der Waals surface area contributed by atoms with E-state index in [-0.39, 0.29) is 28.9 Å². The lowest BCUT2D eigenvalue weighted by atomic mass is 9.66. The van der Waals surface area contributed by atoms with Gasteiger partial charge in [0.05, 0.1) is 11.2 Å². The van der Waals surface area contributed by atoms with E-state index in [0.717, 1.165) is 11.1 Å². The molecule has 2 amide bonds. The number of amides is 2. The van der Waals surface area contributed by atoms with Crippen LogP contribution < -0.4 is 5.32 Å². The van der Waals surface area contributed by atoms with E-state index in [1.54, 1.807) is 30.0 Å². The molecule has 1 saturated heterocycles. The lowest BCUT2D eigenvalue weighted by Gasteiger charge is -2.51. The van der Waals surface area contributed by atoms with Gasteiger partial charge in [-0.15, -0.1) is 0 Å². The molecule has 206 valence electrons. The molecular weight excluding hydrogens is 504 g/mol. The minimum Gasteiger partial charge on any atom is -0.478 e. The average molecular weight is 543 g/mol. The van der Waals surface area contributed by atoms with Crippen LogP contribution in [0.3, 0.4) is 0 Å². The molecule has 1 heterocycles. The highest BCUT2D eigenvalue weighted by molar-refractivity contribution is 6.30. The minimum absolute atomic E-state index is 0.0165. The van der Waals surface area contributed by atoms with Gasteiger partial charge in [0.25, 0.3) is 5.91 Å². The molecule has 3 N–H and O–H groups in total. The van der Waals surface area contributed by atoms with Gasteiger partial charge in [0.1, 0.15) is 6.04 Å². The number of piperidine rings is 1. The number of aryl methyl sites for hydroxylation is 1. The van der Waals surface area contributed by atoms with Crippen molar-refractivity contribution in [2.45, 2.75) is 72.4 Å². The molecule has 3 rings (SSSR count). The Morgan fingerprint density at radius 3 is 2.16 bits per heavy atom. The highest BCUT2D eigenvalue weighted by atomic mass is 35.5. The van der Waals surface area contributed by atoms with Crippen molar-refractivity contribution in [2.75, 3.05) is 13.1 Å². The van der Waals surface area contributed by atoms with Crippen molar-refractivity contribution in [3.05, 3.63) is 69.2 Å². The van der Waals surface area contributed by atoms with E-state index in [1.165, 1.54) is 6.07 Å². The van der Waals surface area contributed by atoms with Crippen molar-refractivity contribution in [3.8, 4) is 0 Å². The number of carbonyl (C=O) groups excluding carboxylic acids is 2. The first-order chi connectivity index (χ1) is 17.6. The van der Waals surface area contributed by atoms with Crippen molar-refractivity contribution < 1.29 is 24.6 Å². The number of benzene rings is 2. The number of aliphatic hydroxyl groups is 1. The molecule has 0 aliphatic carbocycles. The molecule has 0 aromatic heterocycles. The number of carbonyl (C=O) groups is 3. The van der Waals surface area contributed by atoms with E-state index >= 15 is 0 Å². The van der Waals surface area contributed by atoms with Crippen LogP contribution in [-0.4, -0.2) is 52.0 Å². The third kappa shape index (κ3) is 5.74. The number of hydrogen-bond donors (Lipinski definition) is 3. The Labute approximate surface area is 230 Å². The lowest BCUT2D eigenvalue weighted by molar-refractivity contribution is -0.155. The largest absolute Gasteiger partial charge is 0.478 e. The van der Waals surface area contributed by atoms with Crippen molar-refractivity contribution >= 4 is 29.4 Å². The summed E-state index contributed by atoms with van der Waals surface area (Å²) in [5, 5.41) is 24.8. The molecular formula is C30H39ClN2O5. The monoisotopic (exact) mass is 542 g/mol. The van der Waals surface area contributed by atoms with Gasteiger partial charge in [0.15, 0.2) is 0 Å². The van der Waals surface area contributed by atoms with Gasteiger partial charge in [-0.3, -0.25) is 9.59 Å². The van der Waals surface area contributed by atoms with E-state index in [1.807, 2.05) is 53.7 Å². The quantitative estimate of drug-likeness (QED) is 0.436. The summed E-state index contributed by atoms with van der Waals surface area (Å²) in [4.78, 5) is 40.6. The first kappa shape index (κ1) is 29.7. The number of nitrogens with one attached hydrogen (secondary N) is 1. The molecule has 2 aromatic carbocycles. The molecule has 2 aromatic rings. The molecule has 0 saturated carbocycles. The molecule has 1 aliphatic rings. The first-order valence-electron chi connectivity index (χ1n) is 13.0. The van der Waals surface area contributed by atoms with Gasteiger partial charge >= 0.3 is 5.97 Å². The highest BCUT2D eigenvalue weighted by Gasteiger charge is 2.50. The summed E-state index contributed by atoms with van der Waals surface area (Å²) in [6.45, 7) is 13.8. The van der Waals surface area contributed by atoms with E-state index in [9.17, 15) is 24.6 Å². The zero-order valence-corrected chi connectivity index (χ0v) is 24.0. The maximum Gasteiger partial charge on any atom is 0.336 e. The number of likely N-dealkylation sites (tertiary alicyclic amines) is 1. The zero-order chi connectivity index (χ0) is 28.6. The summed E-state index contributed by atoms with van der Waals surface area (Å²) in [6.07, 6.45) is 0.337. The van der Waals surface area contributed by atoms with Crippen LogP contribution in [0, 0.1) is 18.3 Å². The van der Waals surface area contributed by atoms with E-state index in [0.29, 0.717) is 30.1 Å². The third-order valence-corrected chi connectivity index (χ3v) is 8.01. The second-order valence-corrected chi connectivity index (χ2v) is 12.1. The van der Waals surface area contributed by atoms with Gasteiger partial charge in [-0.1, -0.05) is 65.3 Å². The van der Waals surface area contributed by atoms with Crippen LogP contribution in [0.5, 0.6) is 0 Å². The number of nitrogens with zero attached hydrogens (tertiary/aromatic N) is 1. The number of carboxylic acids is 1. The topological polar surface area (TPSA) is 107 Å². The van der Waals surface area contributed by atoms with Crippen molar-refractivity contribution in [2.24, 2.45) is 11.3 Å². The summed E-state index contributed by atoms with van der Waals surface area (Å²) in [7, 11) is 0. The van der Waals surface area contributed by atoms with Crippen molar-refractivity contribution in [3.63, 3.8) is 0 Å². The van der Waals surface area contributed by atoms with E-state index in [2.05, 4.69) is 5.32 Å². The van der Waals surface area contributed by atoms with Crippen LogP contribution in [0.1, 0.15) is 91.3 Å². The molecule has 7 nitrogen and oxygen atoms in total. The predicted molar refractivity (Wildman–Crippen MR) is 149 cm³/mol.